The Balaban J connectivity index is 2.45. The van der Waals surface area contributed by atoms with Crippen LogP contribution in [0.3, 0.4) is 0 Å². The minimum Gasteiger partial charge on any atom is -0.469 e. The molecular weight excluding hydrogens is 164 g/mol. The third-order valence-electron chi connectivity index (χ3n) is 2.65. The molecule has 0 saturated carbocycles. The van der Waals surface area contributed by atoms with Crippen LogP contribution < -0.4 is 0 Å². The lowest BCUT2D eigenvalue weighted by Gasteiger charge is -2.21. The molecule has 1 heterocycles. The molecule has 13 heavy (non-hydrogen) atoms. The molecular formula is C11H18O2. The molecule has 0 amide bonds. The largest absolute Gasteiger partial charge is 0.469 e. The smallest absolute Gasteiger partial charge is 0.106 e. The van der Waals surface area contributed by atoms with Gasteiger partial charge in [0, 0.05) is 6.42 Å². The highest BCUT2D eigenvalue weighted by Gasteiger charge is 2.18. The average Bonchev–Trinajstić information content (AvgIpc) is 2.55. The van der Waals surface area contributed by atoms with Crippen LogP contribution in [0.4, 0.5) is 0 Å². The Morgan fingerprint density at radius 3 is 2.54 bits per heavy atom. The molecule has 2 atom stereocenters. The molecule has 0 bridgehead atoms. The van der Waals surface area contributed by atoms with Gasteiger partial charge in [0.2, 0.25) is 0 Å². The minimum atomic E-state index is -0.300. The van der Waals surface area contributed by atoms with Crippen molar-refractivity contribution in [2.45, 2.75) is 33.3 Å². The van der Waals surface area contributed by atoms with Crippen LogP contribution in [0, 0.1) is 11.8 Å². The molecule has 0 aromatic carbocycles. The highest BCUT2D eigenvalue weighted by atomic mass is 16.3. The fourth-order valence-corrected chi connectivity index (χ4v) is 1.27. The molecule has 1 aromatic rings. The van der Waals surface area contributed by atoms with Crippen LogP contribution in [0.1, 0.15) is 26.5 Å². The van der Waals surface area contributed by atoms with E-state index < -0.39 is 0 Å². The molecule has 74 valence electrons. The molecule has 2 nitrogen and oxygen atoms in total. The first-order chi connectivity index (χ1) is 6.11. The highest BCUT2D eigenvalue weighted by Crippen LogP contribution is 2.18. The monoisotopic (exact) mass is 182 g/mol. The van der Waals surface area contributed by atoms with E-state index in [-0.39, 0.29) is 6.10 Å². The summed E-state index contributed by atoms with van der Waals surface area (Å²) in [4.78, 5) is 0. The summed E-state index contributed by atoms with van der Waals surface area (Å²) in [7, 11) is 0. The van der Waals surface area contributed by atoms with Gasteiger partial charge in [0.25, 0.3) is 0 Å². The van der Waals surface area contributed by atoms with Gasteiger partial charge in [-0.25, -0.2) is 0 Å². The van der Waals surface area contributed by atoms with Crippen molar-refractivity contribution in [1.29, 1.82) is 0 Å². The fraction of sp³-hybridized carbons (Fsp3) is 0.636. The van der Waals surface area contributed by atoms with E-state index in [2.05, 4.69) is 20.8 Å². The van der Waals surface area contributed by atoms with Gasteiger partial charge in [-0.15, -0.1) is 0 Å². The zero-order chi connectivity index (χ0) is 9.84. The van der Waals surface area contributed by atoms with Gasteiger partial charge in [0.15, 0.2) is 0 Å². The maximum absolute atomic E-state index is 9.80. The third kappa shape index (κ3) is 2.88. The van der Waals surface area contributed by atoms with Gasteiger partial charge in [-0.1, -0.05) is 20.8 Å². The maximum Gasteiger partial charge on any atom is 0.106 e. The second-order valence-electron chi connectivity index (χ2n) is 3.95. The van der Waals surface area contributed by atoms with Crippen LogP contribution in [0.25, 0.3) is 0 Å². The van der Waals surface area contributed by atoms with Crippen molar-refractivity contribution in [3.63, 3.8) is 0 Å². The van der Waals surface area contributed by atoms with Crippen molar-refractivity contribution < 1.29 is 9.52 Å². The van der Waals surface area contributed by atoms with E-state index in [1.165, 1.54) is 0 Å². The summed E-state index contributed by atoms with van der Waals surface area (Å²) in [5, 5.41) is 9.80. The quantitative estimate of drug-likeness (QED) is 0.776. The van der Waals surface area contributed by atoms with Gasteiger partial charge in [0.05, 0.1) is 12.4 Å². The Kier molecular flexibility index (Phi) is 3.55. The average molecular weight is 182 g/mol. The zero-order valence-corrected chi connectivity index (χ0v) is 8.53. The summed E-state index contributed by atoms with van der Waals surface area (Å²) in [6, 6.07) is 3.75. The highest BCUT2D eigenvalue weighted by molar-refractivity contribution is 4.99. The number of furan rings is 1. The van der Waals surface area contributed by atoms with Crippen LogP contribution >= 0.6 is 0 Å². The molecule has 0 fully saturated rings. The van der Waals surface area contributed by atoms with Crippen LogP contribution in [-0.2, 0) is 6.42 Å². The lowest BCUT2D eigenvalue weighted by molar-refractivity contribution is 0.0872. The molecule has 0 aliphatic rings. The van der Waals surface area contributed by atoms with Crippen molar-refractivity contribution in [2.24, 2.45) is 11.8 Å². The normalized spacial score (nSPS) is 16.1. The summed E-state index contributed by atoms with van der Waals surface area (Å²) in [5.41, 5.74) is 0. The van der Waals surface area contributed by atoms with Crippen molar-refractivity contribution in [3.05, 3.63) is 24.2 Å². The maximum atomic E-state index is 9.80. The number of aliphatic hydroxyl groups excluding tert-OH is 1. The van der Waals surface area contributed by atoms with Crippen LogP contribution in [0.2, 0.25) is 0 Å². The molecule has 0 radical (unpaired) electrons. The summed E-state index contributed by atoms with van der Waals surface area (Å²) in [5.74, 6) is 1.68. The lowest BCUT2D eigenvalue weighted by Crippen LogP contribution is -2.24. The van der Waals surface area contributed by atoms with Gasteiger partial charge in [-0.05, 0) is 24.0 Å². The Labute approximate surface area is 79.6 Å². The summed E-state index contributed by atoms with van der Waals surface area (Å²) in [6.45, 7) is 6.31. The van der Waals surface area contributed by atoms with E-state index in [9.17, 15) is 5.11 Å². The molecule has 2 unspecified atom stereocenters. The Bertz CT molecular complexity index is 226. The number of hydrogen-bond donors (Lipinski definition) is 1. The van der Waals surface area contributed by atoms with Crippen molar-refractivity contribution >= 4 is 0 Å². The summed E-state index contributed by atoms with van der Waals surface area (Å²) >= 11 is 0. The number of rotatable bonds is 4. The van der Waals surface area contributed by atoms with Crippen molar-refractivity contribution in [1.82, 2.24) is 0 Å². The second kappa shape index (κ2) is 4.47. The first-order valence-electron chi connectivity index (χ1n) is 4.81. The Morgan fingerprint density at radius 1 is 1.38 bits per heavy atom. The Hall–Kier alpha value is -0.760. The van der Waals surface area contributed by atoms with Gasteiger partial charge < -0.3 is 9.52 Å². The first-order valence-corrected chi connectivity index (χ1v) is 4.81. The topological polar surface area (TPSA) is 33.4 Å². The SMILES string of the molecule is CC(C)C(C)C(O)Cc1ccco1. The van der Waals surface area contributed by atoms with Crippen molar-refractivity contribution in [3.8, 4) is 0 Å². The molecule has 0 saturated heterocycles. The number of aliphatic hydroxyl groups is 1. The van der Waals surface area contributed by atoms with E-state index in [1.807, 2.05) is 12.1 Å². The van der Waals surface area contributed by atoms with Gasteiger partial charge >= 0.3 is 0 Å². The van der Waals surface area contributed by atoms with Gasteiger partial charge in [-0.3, -0.25) is 0 Å². The van der Waals surface area contributed by atoms with Crippen LogP contribution in [0.15, 0.2) is 22.8 Å². The van der Waals surface area contributed by atoms with Crippen molar-refractivity contribution in [2.75, 3.05) is 0 Å². The Morgan fingerprint density at radius 2 is 2.08 bits per heavy atom. The van der Waals surface area contributed by atoms with E-state index in [4.69, 9.17) is 4.42 Å². The fourth-order valence-electron chi connectivity index (χ4n) is 1.27. The standard InChI is InChI=1S/C11H18O2/c1-8(2)9(3)11(12)7-10-5-4-6-13-10/h4-6,8-9,11-12H,7H2,1-3H3. The van der Waals surface area contributed by atoms with E-state index in [1.54, 1.807) is 6.26 Å². The predicted molar refractivity (Wildman–Crippen MR) is 52.4 cm³/mol. The summed E-state index contributed by atoms with van der Waals surface area (Å²) in [6.07, 6.45) is 1.96. The lowest BCUT2D eigenvalue weighted by atomic mass is 9.90. The predicted octanol–water partition coefficient (Wildman–Crippen LogP) is 2.48. The zero-order valence-electron chi connectivity index (χ0n) is 8.53. The molecule has 2 heteroatoms. The van der Waals surface area contributed by atoms with Gasteiger partial charge in [-0.2, -0.15) is 0 Å². The minimum absolute atomic E-state index is 0.300. The number of hydrogen-bond acceptors (Lipinski definition) is 2. The molecule has 0 aliphatic heterocycles. The van der Waals surface area contributed by atoms with E-state index in [0.717, 1.165) is 5.76 Å². The summed E-state index contributed by atoms with van der Waals surface area (Å²) < 4.78 is 5.17. The third-order valence-corrected chi connectivity index (χ3v) is 2.65. The first kappa shape index (κ1) is 10.3. The molecule has 0 aliphatic carbocycles. The second-order valence-corrected chi connectivity index (χ2v) is 3.95. The molecule has 1 aromatic heterocycles. The molecule has 0 spiro atoms. The van der Waals surface area contributed by atoms with E-state index in [0.29, 0.717) is 18.3 Å². The van der Waals surface area contributed by atoms with Gasteiger partial charge in [0.1, 0.15) is 5.76 Å². The molecule has 1 rings (SSSR count). The van der Waals surface area contributed by atoms with Crippen LogP contribution in [0.5, 0.6) is 0 Å². The van der Waals surface area contributed by atoms with Crippen LogP contribution in [-0.4, -0.2) is 11.2 Å². The molecule has 1 N–H and O–H groups in total. The van der Waals surface area contributed by atoms with E-state index >= 15 is 0 Å².